The molecule has 0 atom stereocenters. The molecule has 0 aliphatic heterocycles. The van der Waals surface area contributed by atoms with Crippen molar-refractivity contribution < 1.29 is 13.2 Å². The van der Waals surface area contributed by atoms with Crippen LogP contribution in [0.4, 0.5) is 5.69 Å². The summed E-state index contributed by atoms with van der Waals surface area (Å²) < 4.78 is 26.7. The van der Waals surface area contributed by atoms with Crippen LogP contribution in [0.15, 0.2) is 47.4 Å². The van der Waals surface area contributed by atoms with E-state index in [9.17, 15) is 13.2 Å². The number of fused-ring (bicyclic) bond motifs is 1. The zero-order valence-electron chi connectivity index (χ0n) is 13.6. The van der Waals surface area contributed by atoms with Crippen molar-refractivity contribution in [2.45, 2.75) is 24.8 Å². The number of aromatic amines is 1. The summed E-state index contributed by atoms with van der Waals surface area (Å²) in [5, 5.41) is 13.2. The molecule has 0 saturated heterocycles. The first-order chi connectivity index (χ1) is 11.8. The number of nitrogens with one attached hydrogen (secondary N) is 3. The van der Waals surface area contributed by atoms with Crippen molar-refractivity contribution in [3.63, 3.8) is 0 Å². The molecule has 0 aliphatic carbocycles. The highest BCUT2D eigenvalue weighted by Crippen LogP contribution is 2.17. The number of hydrogen-bond acceptors (Lipinski definition) is 5. The molecule has 0 saturated carbocycles. The fourth-order valence-corrected chi connectivity index (χ4v) is 3.54. The Morgan fingerprint density at radius 2 is 1.72 bits per heavy atom. The highest BCUT2D eigenvalue weighted by molar-refractivity contribution is 7.89. The van der Waals surface area contributed by atoms with Gasteiger partial charge in [-0.3, -0.25) is 4.79 Å². The fraction of sp³-hybridized carbons (Fsp3) is 0.188. The summed E-state index contributed by atoms with van der Waals surface area (Å²) >= 11 is 0. The molecule has 8 nitrogen and oxygen atoms in total. The fourth-order valence-electron chi connectivity index (χ4n) is 2.29. The van der Waals surface area contributed by atoms with E-state index in [1.165, 1.54) is 24.3 Å². The maximum atomic E-state index is 12.3. The third-order valence-corrected chi connectivity index (χ3v) is 5.07. The monoisotopic (exact) mass is 359 g/mol. The first-order valence-corrected chi connectivity index (χ1v) is 9.08. The van der Waals surface area contributed by atoms with Crippen molar-refractivity contribution in [3.05, 3.63) is 48.0 Å². The Morgan fingerprint density at radius 3 is 2.40 bits per heavy atom. The molecule has 1 aromatic heterocycles. The summed E-state index contributed by atoms with van der Waals surface area (Å²) in [5.74, 6) is -0.344. The maximum Gasteiger partial charge on any atom is 0.255 e. The summed E-state index contributed by atoms with van der Waals surface area (Å²) in [6.07, 6.45) is 0. The van der Waals surface area contributed by atoms with Crippen LogP contribution < -0.4 is 10.0 Å². The molecule has 0 unspecified atom stereocenters. The van der Waals surface area contributed by atoms with Crippen LogP contribution in [0.1, 0.15) is 24.2 Å². The molecule has 0 bridgehead atoms. The van der Waals surface area contributed by atoms with Gasteiger partial charge in [0.25, 0.3) is 5.91 Å². The van der Waals surface area contributed by atoms with E-state index in [1.807, 2.05) is 0 Å². The van der Waals surface area contributed by atoms with Crippen molar-refractivity contribution >= 4 is 32.7 Å². The van der Waals surface area contributed by atoms with Gasteiger partial charge in [-0.05, 0) is 56.3 Å². The van der Waals surface area contributed by atoms with Gasteiger partial charge in [0.2, 0.25) is 10.0 Å². The zero-order valence-corrected chi connectivity index (χ0v) is 14.5. The lowest BCUT2D eigenvalue weighted by molar-refractivity contribution is 0.102. The minimum atomic E-state index is -3.58. The van der Waals surface area contributed by atoms with E-state index in [-0.39, 0.29) is 16.8 Å². The molecule has 3 N–H and O–H groups in total. The predicted octanol–water partition coefficient (Wildman–Crippen LogP) is 1.90. The molecule has 25 heavy (non-hydrogen) atoms. The number of rotatable bonds is 5. The molecule has 0 spiro atoms. The SMILES string of the molecule is CC(C)NS(=O)(=O)c1ccc(C(=O)Nc2ccc3n[nH]nc3c2)cc1. The summed E-state index contributed by atoms with van der Waals surface area (Å²) in [6, 6.07) is 10.7. The van der Waals surface area contributed by atoms with Gasteiger partial charge in [-0.15, -0.1) is 0 Å². The second kappa shape index (κ2) is 6.61. The number of aromatic nitrogens is 3. The Labute approximate surface area is 144 Å². The molecule has 3 aromatic rings. The predicted molar refractivity (Wildman–Crippen MR) is 93.7 cm³/mol. The number of nitrogens with zero attached hydrogens (tertiary/aromatic N) is 2. The Hall–Kier alpha value is -2.78. The van der Waals surface area contributed by atoms with Crippen LogP contribution in [0.2, 0.25) is 0 Å². The number of amides is 1. The average Bonchev–Trinajstić information content (AvgIpc) is 3.01. The van der Waals surface area contributed by atoms with Gasteiger partial charge in [0.15, 0.2) is 0 Å². The molecule has 1 amide bonds. The summed E-state index contributed by atoms with van der Waals surface area (Å²) in [4.78, 5) is 12.4. The average molecular weight is 359 g/mol. The standard InChI is InChI=1S/C16H17N5O3S/c1-10(2)20-25(23,24)13-6-3-11(4-7-13)16(22)17-12-5-8-14-15(9-12)19-21-18-14/h3-10,20H,1-2H3,(H,17,22)(H,18,19,21). The molecule has 2 aromatic carbocycles. The third-order valence-electron chi connectivity index (χ3n) is 3.39. The first kappa shape index (κ1) is 17.1. The molecule has 9 heteroatoms. The highest BCUT2D eigenvalue weighted by atomic mass is 32.2. The van der Waals surface area contributed by atoms with Gasteiger partial charge >= 0.3 is 0 Å². The molecular weight excluding hydrogens is 342 g/mol. The Balaban J connectivity index is 1.76. The Kier molecular flexibility index (Phi) is 4.51. The van der Waals surface area contributed by atoms with Crippen molar-refractivity contribution in [1.82, 2.24) is 20.1 Å². The van der Waals surface area contributed by atoms with E-state index in [0.717, 1.165) is 0 Å². The van der Waals surface area contributed by atoms with E-state index < -0.39 is 10.0 Å². The van der Waals surface area contributed by atoms with Gasteiger partial charge in [0.1, 0.15) is 11.0 Å². The van der Waals surface area contributed by atoms with E-state index in [1.54, 1.807) is 32.0 Å². The zero-order chi connectivity index (χ0) is 18.0. The van der Waals surface area contributed by atoms with E-state index >= 15 is 0 Å². The molecule has 1 heterocycles. The van der Waals surface area contributed by atoms with E-state index in [0.29, 0.717) is 22.3 Å². The smallest absolute Gasteiger partial charge is 0.255 e. The minimum absolute atomic E-state index is 0.113. The maximum absolute atomic E-state index is 12.3. The lowest BCUT2D eigenvalue weighted by Gasteiger charge is -2.10. The van der Waals surface area contributed by atoms with Gasteiger partial charge in [0, 0.05) is 17.3 Å². The summed E-state index contributed by atoms with van der Waals surface area (Å²) in [6.45, 7) is 3.48. The van der Waals surface area contributed by atoms with Crippen molar-refractivity contribution in [2.75, 3.05) is 5.32 Å². The number of carbonyl (C=O) groups is 1. The summed E-state index contributed by atoms with van der Waals surface area (Å²) in [5.41, 5.74) is 2.26. The molecule has 0 radical (unpaired) electrons. The van der Waals surface area contributed by atoms with Crippen LogP contribution in [-0.2, 0) is 10.0 Å². The Morgan fingerprint density at radius 1 is 1.04 bits per heavy atom. The van der Waals surface area contributed by atoms with Crippen molar-refractivity contribution in [1.29, 1.82) is 0 Å². The minimum Gasteiger partial charge on any atom is -0.322 e. The third kappa shape index (κ3) is 3.83. The van der Waals surface area contributed by atoms with E-state index in [4.69, 9.17) is 0 Å². The number of anilines is 1. The van der Waals surface area contributed by atoms with Crippen molar-refractivity contribution in [3.8, 4) is 0 Å². The number of benzene rings is 2. The molecule has 3 rings (SSSR count). The Bertz CT molecular complexity index is 1010. The molecule has 0 fully saturated rings. The number of hydrogen-bond donors (Lipinski definition) is 3. The quantitative estimate of drug-likeness (QED) is 0.643. The molecular formula is C16H17N5O3S. The van der Waals surface area contributed by atoms with Gasteiger partial charge in [-0.2, -0.15) is 15.4 Å². The number of carbonyl (C=O) groups excluding carboxylic acids is 1. The number of sulfonamides is 1. The van der Waals surface area contributed by atoms with Gasteiger partial charge < -0.3 is 5.32 Å². The van der Waals surface area contributed by atoms with Gasteiger partial charge in [-0.25, -0.2) is 13.1 Å². The normalized spacial score (nSPS) is 11.8. The number of H-pyrrole nitrogens is 1. The topological polar surface area (TPSA) is 117 Å². The van der Waals surface area contributed by atoms with Crippen molar-refractivity contribution in [2.24, 2.45) is 0 Å². The lowest BCUT2D eigenvalue weighted by atomic mass is 10.2. The van der Waals surface area contributed by atoms with Crippen LogP contribution >= 0.6 is 0 Å². The second-order valence-electron chi connectivity index (χ2n) is 5.78. The molecule has 0 aliphatic rings. The van der Waals surface area contributed by atoms with Crippen LogP contribution in [-0.4, -0.2) is 35.8 Å². The second-order valence-corrected chi connectivity index (χ2v) is 7.50. The van der Waals surface area contributed by atoms with Crippen LogP contribution in [0.5, 0.6) is 0 Å². The molecule has 130 valence electrons. The van der Waals surface area contributed by atoms with Gasteiger partial charge in [0.05, 0.1) is 4.90 Å². The van der Waals surface area contributed by atoms with Crippen LogP contribution in [0, 0.1) is 0 Å². The first-order valence-electron chi connectivity index (χ1n) is 7.59. The van der Waals surface area contributed by atoms with E-state index in [2.05, 4.69) is 25.4 Å². The van der Waals surface area contributed by atoms with Crippen LogP contribution in [0.3, 0.4) is 0 Å². The lowest BCUT2D eigenvalue weighted by Crippen LogP contribution is -2.30. The largest absolute Gasteiger partial charge is 0.322 e. The summed E-state index contributed by atoms with van der Waals surface area (Å²) in [7, 11) is -3.58. The van der Waals surface area contributed by atoms with Crippen LogP contribution in [0.25, 0.3) is 11.0 Å². The van der Waals surface area contributed by atoms with Gasteiger partial charge in [-0.1, -0.05) is 0 Å². The highest BCUT2D eigenvalue weighted by Gasteiger charge is 2.16.